The van der Waals surface area contributed by atoms with Crippen LogP contribution in [0.1, 0.15) is 171 Å². The molecule has 6 heterocycles. The van der Waals surface area contributed by atoms with Crippen LogP contribution in [0.15, 0.2) is 103 Å². The van der Waals surface area contributed by atoms with Crippen LogP contribution in [-0.2, 0) is 76.4 Å². The summed E-state index contributed by atoms with van der Waals surface area (Å²) in [7, 11) is 1.20. The molecular weight excluding hydrogens is 1870 g/mol. The summed E-state index contributed by atoms with van der Waals surface area (Å²) in [5.41, 5.74) is 0.533. The minimum atomic E-state index is -2.46. The molecule has 0 spiro atoms. The molecule has 139 heavy (non-hydrogen) atoms. The van der Waals surface area contributed by atoms with Crippen molar-refractivity contribution in [1.29, 1.82) is 0 Å². The van der Waals surface area contributed by atoms with Gasteiger partial charge < -0.3 is 153 Å². The number of nitrogens with two attached hydrogens (primary N) is 1. The topological polar surface area (TPSA) is 696 Å². The number of carbonyl (C=O) groups excluding carboxylic acids is 10. The van der Waals surface area contributed by atoms with Gasteiger partial charge in [-0.25, -0.2) is 14.4 Å². The number of aliphatic hydroxyl groups excluding tert-OH is 7. The maximum atomic E-state index is 16.4. The number of primary amides is 1. The van der Waals surface area contributed by atoms with E-state index in [1.54, 1.807) is 52.0 Å². The van der Waals surface area contributed by atoms with Crippen LogP contribution < -0.4 is 67.8 Å². The van der Waals surface area contributed by atoms with Crippen LogP contribution in [0.4, 0.5) is 9.59 Å². The molecule has 1 saturated heterocycles. The summed E-state index contributed by atoms with van der Waals surface area (Å²) < 4.78 is 50.5. The molecule has 47 heteroatoms. The number of halogens is 2. The molecule has 6 aliphatic heterocycles. The molecule has 0 radical (unpaired) electrons. The number of rotatable bonds is 26. The number of carboxylic acid groups (broad SMARTS) is 3. The molecule has 10 amide bonds. The average molecular weight is 1990 g/mol. The third kappa shape index (κ3) is 26.0. The van der Waals surface area contributed by atoms with Crippen LogP contribution in [0.5, 0.6) is 46.0 Å². The van der Waals surface area contributed by atoms with E-state index < -0.39 is 327 Å². The van der Waals surface area contributed by atoms with Gasteiger partial charge in [-0.1, -0.05) is 81.2 Å². The highest BCUT2D eigenvalue weighted by Crippen LogP contribution is 2.51. The van der Waals surface area contributed by atoms with E-state index in [4.69, 9.17) is 66.8 Å². The van der Waals surface area contributed by atoms with Gasteiger partial charge in [-0.2, -0.15) is 0 Å². The molecule has 23 atom stereocenters. The van der Waals surface area contributed by atoms with Crippen molar-refractivity contribution in [3.63, 3.8) is 0 Å². The van der Waals surface area contributed by atoms with E-state index in [1.807, 2.05) is 0 Å². The largest absolute Gasteiger partial charge is 0.508 e. The summed E-state index contributed by atoms with van der Waals surface area (Å²) in [6.07, 6.45) is -19.0. The zero-order valence-electron chi connectivity index (χ0n) is 76.4. The molecular formula is C92H113Cl2N11O34. The zero-order chi connectivity index (χ0) is 102. The number of alkyl carbamates (subject to hydrolysis) is 1. The summed E-state index contributed by atoms with van der Waals surface area (Å²) in [5, 5.41) is 170. The SMILES string of the molecule is CC(C)CC(C(=O)N[C@H]1C(=O)N[C@@H](CC(N)=O)C(=O)N[C@H]2C(=O)N[C@@H]3c4ccc(O)c(c4)-c4c(O)cc(O)cc4[C@@H](C(=O)O)NC(=O)[C@@H](NC3O)[C@H](O)c3ccc(c(Cl)c3)Oc3cc2cc(c3O[C@@H]2O[C@H](CO)[C@@H](O)[C@H](O)[C@H]2O[C@@H](C)O[C@@H](C)[C@@H](O)C(C)NC(=O)O[C@@H]2/C=C/CC[C@](C)(C(=O)NCC(=O)O)CC2)Oc2ccc(cc2Cl)[C@H]1O)N(C)C(=O)O[C@@H]1/C=C/CC[C@](C)(C(=O)NCC(=O)O)CC1. The minimum absolute atomic E-state index is 0.0331. The van der Waals surface area contributed by atoms with Crippen molar-refractivity contribution >= 4 is 101 Å². The van der Waals surface area contributed by atoms with Crippen LogP contribution in [0.2, 0.25) is 10.0 Å². The summed E-state index contributed by atoms with van der Waals surface area (Å²) >= 11 is 14.4. The van der Waals surface area contributed by atoms with E-state index in [9.17, 15) is 105 Å². The van der Waals surface area contributed by atoms with Gasteiger partial charge >= 0.3 is 30.1 Å². The second kappa shape index (κ2) is 45.9. The molecule has 8 aliphatic rings. The third-order valence-electron chi connectivity index (χ3n) is 24.8. The molecule has 5 aromatic carbocycles. The first-order valence-corrected chi connectivity index (χ1v) is 45.2. The predicted molar refractivity (Wildman–Crippen MR) is 483 cm³/mol. The maximum Gasteiger partial charge on any atom is 0.410 e. The summed E-state index contributed by atoms with van der Waals surface area (Å²) in [4.78, 5) is 183. The van der Waals surface area contributed by atoms with E-state index in [0.717, 1.165) is 83.8 Å². The van der Waals surface area contributed by atoms with Crippen LogP contribution in [-0.4, -0.2) is 273 Å². The Hall–Kier alpha value is -12.8. The highest BCUT2D eigenvalue weighted by atomic mass is 35.5. The average Bonchev–Trinajstić information content (AvgIpc) is 0.762. The fraction of sp³-hybridized carbons (Fsp3) is 0.489. The fourth-order valence-corrected chi connectivity index (χ4v) is 17.4. The van der Waals surface area contributed by atoms with Crippen molar-refractivity contribution in [3.05, 3.63) is 141 Å². The Labute approximate surface area is 804 Å². The van der Waals surface area contributed by atoms with Crippen molar-refractivity contribution in [2.45, 2.75) is 241 Å². The molecule has 754 valence electrons. The number of likely N-dealkylation sites (N-methyl/N-ethyl adjacent to an activating group) is 1. The van der Waals surface area contributed by atoms with Crippen molar-refractivity contribution in [1.82, 2.24) is 52.8 Å². The Morgan fingerprint density at radius 1 is 0.640 bits per heavy atom. The lowest BCUT2D eigenvalue weighted by molar-refractivity contribution is -0.319. The number of aliphatic carboxylic acids is 3. The van der Waals surface area contributed by atoms with E-state index in [2.05, 4.69) is 47.9 Å². The number of aliphatic hydroxyl groups is 7. The van der Waals surface area contributed by atoms with Gasteiger partial charge in [0.15, 0.2) is 29.9 Å². The Morgan fingerprint density at radius 3 is 1.77 bits per heavy atom. The number of nitrogens with one attached hydrogen (secondary N) is 9. The number of benzene rings is 5. The van der Waals surface area contributed by atoms with Crippen LogP contribution in [0.3, 0.4) is 0 Å². The Kier molecular flexibility index (Phi) is 35.2. The first-order chi connectivity index (χ1) is 65.5. The second-order valence-electron chi connectivity index (χ2n) is 35.7. The molecule has 2 aliphatic carbocycles. The lowest BCUT2D eigenvalue weighted by Crippen LogP contribution is -2.61. The number of carbonyl (C=O) groups is 13. The molecule has 11 bridgehead atoms. The van der Waals surface area contributed by atoms with Crippen LogP contribution >= 0.6 is 23.2 Å². The third-order valence-corrected chi connectivity index (χ3v) is 25.4. The summed E-state index contributed by atoms with van der Waals surface area (Å²) in [6.45, 7) is 8.32. The van der Waals surface area contributed by atoms with E-state index in [1.165, 1.54) is 27.8 Å². The smallest absolute Gasteiger partial charge is 0.410 e. The van der Waals surface area contributed by atoms with Crippen molar-refractivity contribution in [2.24, 2.45) is 22.5 Å². The van der Waals surface area contributed by atoms with Crippen LogP contribution in [0, 0.1) is 16.7 Å². The number of amides is 10. The maximum absolute atomic E-state index is 16.4. The number of hydrogen-bond donors (Lipinski definition) is 23. The predicted octanol–water partition coefficient (Wildman–Crippen LogP) is 3.17. The second-order valence-corrected chi connectivity index (χ2v) is 36.5. The Bertz CT molecular complexity index is 5520. The van der Waals surface area contributed by atoms with E-state index in [-0.39, 0.29) is 48.8 Å². The van der Waals surface area contributed by atoms with Crippen LogP contribution in [0.25, 0.3) is 11.1 Å². The van der Waals surface area contributed by atoms with Crippen molar-refractivity contribution in [3.8, 4) is 57.1 Å². The number of carboxylic acids is 3. The van der Waals surface area contributed by atoms with E-state index in [0.29, 0.717) is 25.7 Å². The molecule has 24 N–H and O–H groups in total. The normalized spacial score (nSPS) is 27.6. The molecule has 45 nitrogen and oxygen atoms in total. The number of aromatic hydroxyl groups is 3. The van der Waals surface area contributed by atoms with Crippen molar-refractivity contribution in [2.75, 3.05) is 26.7 Å². The number of hydrogen-bond acceptors (Lipinski definition) is 32. The first kappa shape index (κ1) is 107. The van der Waals surface area contributed by atoms with Crippen molar-refractivity contribution < 1.29 is 167 Å². The Morgan fingerprint density at radius 2 is 1.22 bits per heavy atom. The van der Waals surface area contributed by atoms with Gasteiger partial charge in [0.1, 0.15) is 121 Å². The highest BCUT2D eigenvalue weighted by molar-refractivity contribution is 6.32. The number of phenolic OH excluding ortho intramolecular Hbond substituents is 3. The zero-order valence-corrected chi connectivity index (χ0v) is 77.9. The number of allylic oxidation sites excluding steroid dienone is 2. The molecule has 3 unspecified atom stereocenters. The van der Waals surface area contributed by atoms with Gasteiger partial charge in [0.2, 0.25) is 59.3 Å². The molecule has 0 aromatic heterocycles. The number of nitrogens with zero attached hydrogens (tertiary/aromatic N) is 1. The first-order valence-electron chi connectivity index (χ1n) is 44.4. The lowest BCUT2D eigenvalue weighted by atomic mass is 9.78. The Balaban J connectivity index is 1.03. The van der Waals surface area contributed by atoms with Gasteiger partial charge in [-0.3, -0.25) is 58.2 Å². The minimum Gasteiger partial charge on any atom is -0.508 e. The standard InChI is InChI=1S/C92H113Cl2N11O34/c1-39(2)27-55(105(8)90(131)135-49-14-10-12-24-92(7,26-22-49)88(129)97-37-65(113)114)80(121)103-70-73(116)44-16-19-58(52(93)29-44)136-60-31-46-32-61(77(60)139-86-78(76(119)75(118)62(38-106)138-86)133-42(5)132-41(4)72(115)40(3)98-89(130)134-48-13-9-11-23-91(6,25-21-48)87(128)96-36-64(111)112)137-59-20-17-45(30-53(59)94)74(117)71-84(125)102-69(85(126)127)51-33-47(107)34-57(109)66(51)50-28-43(15-18-56(50)108)67(81(122)104-71)101-82(123)68(46)100-79(120)54(35-63(95)110)99-83(70)124/h9-10,13-20,28-34,39-42,48-49,54-55,62,67-76,78,81,86,104,106-109,115-119,122H,11-12,21-27,35-38H2,1-8H3,(H2,95,110)(H,96,128)(H,97,129)(H,98,130)(H,99,124)(H,100,120)(H,101,123)(H,102,125)(H,103,121)(H,111,112)(H,113,114)(H,126,127)/b13-9+,14-10+/t40?,41-,42-,48+,49+,54-,55?,62+,67+,68+,69-,70+,71-,72-,73+,74+,75+,76-,78+,81?,86-,91-,92-/m0/s1. The quantitative estimate of drug-likeness (QED) is 0.0279. The summed E-state index contributed by atoms with van der Waals surface area (Å²) in [5.74, 6) is -20.0. The number of ether oxygens (including phenoxy) is 8. The van der Waals surface area contributed by atoms with Gasteiger partial charge in [-0.05, 0) is 173 Å². The number of fused-ring (bicyclic) bond motifs is 15. The monoisotopic (exact) mass is 1990 g/mol. The van der Waals surface area contributed by atoms with Gasteiger partial charge in [0.25, 0.3) is 0 Å². The lowest BCUT2D eigenvalue weighted by Gasteiger charge is -2.43. The molecule has 1 fully saturated rings. The molecule has 13 rings (SSSR count). The molecule has 5 aromatic rings. The molecule has 0 saturated carbocycles. The number of phenols is 3. The fourth-order valence-electron chi connectivity index (χ4n) is 16.9. The van der Waals surface area contributed by atoms with Gasteiger partial charge in [-0.15, -0.1) is 0 Å². The van der Waals surface area contributed by atoms with E-state index >= 15 is 24.0 Å². The van der Waals surface area contributed by atoms with Gasteiger partial charge in [0, 0.05) is 40.6 Å². The summed E-state index contributed by atoms with van der Waals surface area (Å²) in [6, 6.07) is -3.50. The van der Waals surface area contributed by atoms with Gasteiger partial charge in [0.05, 0.1) is 47.4 Å². The highest BCUT2D eigenvalue weighted by Gasteiger charge is 2.50.